The van der Waals surface area contributed by atoms with E-state index in [0.29, 0.717) is 52.2 Å². The van der Waals surface area contributed by atoms with E-state index in [0.717, 1.165) is 27.9 Å². The number of hydrogen-bond donors (Lipinski definition) is 1. The molecule has 34 heavy (non-hydrogen) atoms. The Morgan fingerprint density at radius 2 is 1.79 bits per heavy atom. The van der Waals surface area contributed by atoms with Crippen LogP contribution in [0.15, 0.2) is 18.2 Å². The second-order valence-electron chi connectivity index (χ2n) is 8.78. The van der Waals surface area contributed by atoms with E-state index in [1.54, 1.807) is 11.0 Å². The van der Waals surface area contributed by atoms with E-state index < -0.39 is 0 Å². The molecule has 2 fully saturated rings. The Hall–Kier alpha value is -1.78. The molecule has 3 heterocycles. The van der Waals surface area contributed by atoms with Crippen LogP contribution in [0.5, 0.6) is 0 Å². The molecule has 11 heteroatoms. The molecule has 2 aromatic heterocycles. The van der Waals surface area contributed by atoms with Crippen LogP contribution in [0, 0.1) is 0 Å². The summed E-state index contributed by atoms with van der Waals surface area (Å²) in [5.74, 6) is 0.306. The molecule has 2 amide bonds. The van der Waals surface area contributed by atoms with E-state index in [-0.39, 0.29) is 18.4 Å². The first-order valence-corrected chi connectivity index (χ1v) is 13.9. The van der Waals surface area contributed by atoms with Gasteiger partial charge < -0.3 is 4.90 Å². The lowest BCUT2D eigenvalue weighted by atomic mass is 9.90. The Kier molecular flexibility index (Phi) is 7.36. The van der Waals surface area contributed by atoms with Gasteiger partial charge in [0.1, 0.15) is 9.88 Å². The number of halogens is 2. The number of thiophene rings is 1. The molecule has 1 aromatic carbocycles. The van der Waals surface area contributed by atoms with E-state index in [4.69, 9.17) is 23.2 Å². The van der Waals surface area contributed by atoms with Crippen LogP contribution in [0.4, 0.5) is 5.13 Å². The first kappa shape index (κ1) is 23.9. The van der Waals surface area contributed by atoms with Crippen LogP contribution in [-0.2, 0) is 4.79 Å². The van der Waals surface area contributed by atoms with Crippen molar-refractivity contribution in [3.05, 3.63) is 38.1 Å². The molecule has 1 saturated carbocycles. The van der Waals surface area contributed by atoms with Gasteiger partial charge >= 0.3 is 0 Å². The van der Waals surface area contributed by atoms with Crippen molar-refractivity contribution >= 4 is 72.9 Å². The summed E-state index contributed by atoms with van der Waals surface area (Å²) in [6, 6.07) is 5.45. The topological polar surface area (TPSA) is 78.4 Å². The molecule has 1 N–H and O–H groups in total. The molecule has 0 radical (unpaired) electrons. The highest BCUT2D eigenvalue weighted by atomic mass is 35.5. The summed E-state index contributed by atoms with van der Waals surface area (Å²) in [5.41, 5.74) is 0. The van der Waals surface area contributed by atoms with Gasteiger partial charge in [-0.2, -0.15) is 0 Å². The summed E-state index contributed by atoms with van der Waals surface area (Å²) >= 11 is 15.4. The van der Waals surface area contributed by atoms with E-state index in [1.165, 1.54) is 41.9 Å². The number of amides is 2. The van der Waals surface area contributed by atoms with Crippen molar-refractivity contribution in [1.29, 1.82) is 0 Å². The lowest BCUT2D eigenvalue weighted by molar-refractivity contribution is -0.117. The largest absolute Gasteiger partial charge is 0.335 e. The zero-order chi connectivity index (χ0) is 23.7. The lowest BCUT2D eigenvalue weighted by Gasteiger charge is -2.34. The molecule has 2 aliphatic rings. The number of nitrogens with one attached hydrogen (secondary N) is 1. The Balaban J connectivity index is 1.13. The predicted molar refractivity (Wildman–Crippen MR) is 139 cm³/mol. The minimum Gasteiger partial charge on any atom is -0.335 e. The number of piperazine rings is 1. The van der Waals surface area contributed by atoms with Crippen molar-refractivity contribution < 1.29 is 9.59 Å². The van der Waals surface area contributed by atoms with E-state index in [2.05, 4.69) is 20.4 Å². The number of carbonyl (C=O) groups is 2. The zero-order valence-corrected chi connectivity index (χ0v) is 21.7. The Bertz CT molecular complexity index is 1200. The first-order valence-electron chi connectivity index (χ1n) is 11.5. The fourth-order valence-electron chi connectivity index (χ4n) is 4.59. The number of fused-ring (bicyclic) bond motifs is 1. The number of anilines is 1. The van der Waals surface area contributed by atoms with Gasteiger partial charge in [-0.05, 0) is 25.0 Å². The fraction of sp³-hybridized carbons (Fsp3) is 0.478. The average molecular weight is 539 g/mol. The highest BCUT2D eigenvalue weighted by Gasteiger charge is 2.27. The molecular formula is C23H25Cl2N5O2S2. The van der Waals surface area contributed by atoms with Crippen molar-refractivity contribution in [1.82, 2.24) is 20.0 Å². The minimum absolute atomic E-state index is 0.0736. The van der Waals surface area contributed by atoms with Crippen LogP contribution in [0.3, 0.4) is 0 Å². The molecule has 0 unspecified atom stereocenters. The lowest BCUT2D eigenvalue weighted by Crippen LogP contribution is -2.50. The number of rotatable bonds is 5. The molecule has 1 aliphatic heterocycles. The minimum atomic E-state index is -0.101. The van der Waals surface area contributed by atoms with Crippen LogP contribution >= 0.6 is 45.9 Å². The third-order valence-electron chi connectivity index (χ3n) is 6.45. The van der Waals surface area contributed by atoms with Crippen LogP contribution in [0.25, 0.3) is 10.1 Å². The first-order chi connectivity index (χ1) is 16.5. The number of nitrogens with zero attached hydrogens (tertiary/aromatic N) is 4. The molecule has 180 valence electrons. The highest BCUT2D eigenvalue weighted by molar-refractivity contribution is 7.21. The maximum absolute atomic E-state index is 13.1. The quantitative estimate of drug-likeness (QED) is 0.464. The summed E-state index contributed by atoms with van der Waals surface area (Å²) in [7, 11) is 0. The number of aromatic nitrogens is 2. The van der Waals surface area contributed by atoms with Crippen molar-refractivity contribution in [2.24, 2.45) is 0 Å². The molecule has 1 aliphatic carbocycles. The van der Waals surface area contributed by atoms with Gasteiger partial charge in [-0.15, -0.1) is 21.5 Å². The third kappa shape index (κ3) is 5.23. The van der Waals surface area contributed by atoms with Crippen molar-refractivity contribution in [2.75, 3.05) is 38.0 Å². The Labute approximate surface area is 216 Å². The summed E-state index contributed by atoms with van der Waals surface area (Å²) in [6.45, 7) is 2.60. The van der Waals surface area contributed by atoms with Gasteiger partial charge in [-0.25, -0.2) is 0 Å². The van der Waals surface area contributed by atoms with E-state index in [9.17, 15) is 9.59 Å². The van der Waals surface area contributed by atoms with Gasteiger partial charge in [0.2, 0.25) is 11.0 Å². The van der Waals surface area contributed by atoms with Crippen molar-refractivity contribution in [2.45, 2.75) is 38.0 Å². The van der Waals surface area contributed by atoms with Gasteiger partial charge in [0.25, 0.3) is 5.91 Å². The molecule has 7 nitrogen and oxygen atoms in total. The number of benzene rings is 1. The van der Waals surface area contributed by atoms with Gasteiger partial charge in [0.15, 0.2) is 0 Å². The molecular weight excluding hydrogens is 513 g/mol. The smallest absolute Gasteiger partial charge is 0.265 e. The average Bonchev–Trinajstić information content (AvgIpc) is 3.44. The van der Waals surface area contributed by atoms with Gasteiger partial charge in [-0.3, -0.25) is 19.8 Å². The molecule has 0 bridgehead atoms. The summed E-state index contributed by atoms with van der Waals surface area (Å²) in [5, 5.41) is 14.9. The normalized spacial score (nSPS) is 17.9. The third-order valence-corrected chi connectivity index (χ3v) is 9.34. The van der Waals surface area contributed by atoms with Gasteiger partial charge in [0.05, 0.1) is 11.6 Å². The predicted octanol–water partition coefficient (Wildman–Crippen LogP) is 5.50. The summed E-state index contributed by atoms with van der Waals surface area (Å²) < 4.78 is 0.902. The van der Waals surface area contributed by atoms with Crippen LogP contribution < -0.4 is 5.32 Å². The number of carbonyl (C=O) groups excluding carboxylic acids is 2. The fourth-order valence-corrected chi connectivity index (χ4v) is 7.28. The van der Waals surface area contributed by atoms with Crippen LogP contribution in [-0.4, -0.2) is 64.5 Å². The van der Waals surface area contributed by atoms with Gasteiger partial charge in [0, 0.05) is 47.2 Å². The second-order valence-corrected chi connectivity index (χ2v) is 11.7. The summed E-state index contributed by atoms with van der Waals surface area (Å²) in [6.07, 6.45) is 6.09. The van der Waals surface area contributed by atoms with E-state index in [1.807, 2.05) is 12.1 Å². The molecule has 3 aromatic rings. The van der Waals surface area contributed by atoms with Crippen LogP contribution in [0.1, 0.15) is 52.7 Å². The second kappa shape index (κ2) is 10.5. The zero-order valence-electron chi connectivity index (χ0n) is 18.6. The molecule has 1 saturated heterocycles. The van der Waals surface area contributed by atoms with Gasteiger partial charge in [-0.1, -0.05) is 59.9 Å². The van der Waals surface area contributed by atoms with E-state index >= 15 is 0 Å². The molecule has 0 atom stereocenters. The Morgan fingerprint density at radius 3 is 2.56 bits per heavy atom. The summed E-state index contributed by atoms with van der Waals surface area (Å²) in [4.78, 5) is 30.0. The van der Waals surface area contributed by atoms with Crippen LogP contribution in [0.2, 0.25) is 10.0 Å². The standard InChI is InChI=1S/C23H25Cl2N5O2S2/c24-15-6-7-16-17(12-15)33-20(19(16)25)22(32)30-10-8-29(9-11-30)13-18(31)26-23-28-27-21(34-23)14-4-2-1-3-5-14/h6-7,12,14H,1-5,8-11,13H2,(H,26,28,31). The number of hydrogen-bond acceptors (Lipinski definition) is 7. The maximum Gasteiger partial charge on any atom is 0.265 e. The maximum atomic E-state index is 13.1. The van der Waals surface area contributed by atoms with Crippen molar-refractivity contribution in [3.8, 4) is 0 Å². The molecule has 0 spiro atoms. The Morgan fingerprint density at radius 1 is 1.03 bits per heavy atom. The van der Waals surface area contributed by atoms with Crippen molar-refractivity contribution in [3.63, 3.8) is 0 Å². The SMILES string of the molecule is O=C(CN1CCN(C(=O)c2sc3cc(Cl)ccc3c2Cl)CC1)Nc1nnc(C2CCCCC2)s1. The highest BCUT2D eigenvalue weighted by Crippen LogP contribution is 2.38. The monoisotopic (exact) mass is 537 g/mol. The molecule has 5 rings (SSSR count).